The van der Waals surface area contributed by atoms with Crippen LogP contribution in [0.5, 0.6) is 5.75 Å². The monoisotopic (exact) mass is 613 g/mol. The molecule has 12 heteroatoms. The maximum absolute atomic E-state index is 13.1. The number of halogens is 3. The molecule has 2 bridgehead atoms. The van der Waals surface area contributed by atoms with Crippen LogP contribution < -0.4 is 9.64 Å². The van der Waals surface area contributed by atoms with Crippen molar-refractivity contribution in [1.29, 1.82) is 0 Å². The lowest BCUT2D eigenvalue weighted by atomic mass is 10.00. The first kappa shape index (κ1) is 28.1. The number of thiazole rings is 1. The Morgan fingerprint density at radius 3 is 2.58 bits per heavy atom. The molecule has 2 aromatic heterocycles. The minimum Gasteiger partial charge on any atom is -0.462 e. The summed E-state index contributed by atoms with van der Waals surface area (Å²) in [7, 11) is 0. The normalized spacial score (nSPS) is 21.9. The maximum atomic E-state index is 13.1. The van der Waals surface area contributed by atoms with Crippen LogP contribution >= 0.6 is 11.3 Å². The van der Waals surface area contributed by atoms with E-state index in [9.17, 15) is 18.0 Å². The fourth-order valence-corrected chi connectivity index (χ4v) is 7.50. The van der Waals surface area contributed by atoms with E-state index in [-0.39, 0.29) is 48.0 Å². The van der Waals surface area contributed by atoms with Crippen molar-refractivity contribution in [3.63, 3.8) is 0 Å². The lowest BCUT2D eigenvalue weighted by Gasteiger charge is -2.38. The minimum atomic E-state index is -4.82. The zero-order valence-corrected chi connectivity index (χ0v) is 24.2. The number of hydrogen-bond donors (Lipinski definition) is 0. The van der Waals surface area contributed by atoms with E-state index in [2.05, 4.69) is 14.8 Å². The van der Waals surface area contributed by atoms with Gasteiger partial charge >= 0.3 is 12.3 Å². The third kappa shape index (κ3) is 5.70. The van der Waals surface area contributed by atoms with Gasteiger partial charge in [-0.1, -0.05) is 28.6 Å². The van der Waals surface area contributed by atoms with Crippen molar-refractivity contribution >= 4 is 32.7 Å². The quantitative estimate of drug-likeness (QED) is 0.178. The molecule has 2 saturated heterocycles. The molecule has 43 heavy (non-hydrogen) atoms. The number of carbonyl (C=O) groups excluding carboxylic acids is 1. The molecule has 3 aliphatic rings. The predicted molar refractivity (Wildman–Crippen MR) is 153 cm³/mol. The summed E-state index contributed by atoms with van der Waals surface area (Å²) in [5.74, 6) is 0.240. The van der Waals surface area contributed by atoms with E-state index in [4.69, 9.17) is 19.0 Å². The average molecular weight is 614 g/mol. The lowest BCUT2D eigenvalue weighted by Crippen LogP contribution is -2.45. The molecule has 0 unspecified atom stereocenters. The number of nitrogens with zero attached hydrogens (tertiary/aromatic N) is 3. The Balaban J connectivity index is 1.08. The Bertz CT molecular complexity index is 1640. The van der Waals surface area contributed by atoms with Gasteiger partial charge in [-0.05, 0) is 75.8 Å². The summed E-state index contributed by atoms with van der Waals surface area (Å²) in [6, 6.07) is 12.0. The zero-order chi connectivity index (χ0) is 29.7. The standard InChI is InChI=1S/C31H30F3N3O5S/c1-2-39-29(38)18-9-12-24-26(13-18)43-30(35-24)37-19-10-11-20(37)15-21(14-19)40-16-23-27(36-42-28(23)17-7-8-17)22-5-3-4-6-25(22)41-31(32,33)34/h3-6,9,12-13,17,19-21H,2,7-8,10-11,14-16H2,1H3/t19-,20-/m0/s1. The van der Waals surface area contributed by atoms with Crippen molar-refractivity contribution in [2.45, 2.75) is 82.5 Å². The molecule has 0 amide bonds. The summed E-state index contributed by atoms with van der Waals surface area (Å²) in [4.78, 5) is 19.5. The van der Waals surface area contributed by atoms with Gasteiger partial charge < -0.3 is 23.6 Å². The highest BCUT2D eigenvalue weighted by Crippen LogP contribution is 2.47. The van der Waals surface area contributed by atoms with E-state index < -0.39 is 6.36 Å². The van der Waals surface area contributed by atoms with Gasteiger partial charge in [-0.25, -0.2) is 9.78 Å². The van der Waals surface area contributed by atoms with Gasteiger partial charge in [-0.15, -0.1) is 13.2 Å². The number of esters is 1. The Kier molecular flexibility index (Phi) is 7.29. The number of piperidine rings is 1. The molecule has 0 radical (unpaired) electrons. The molecule has 2 aromatic carbocycles. The Morgan fingerprint density at radius 2 is 1.86 bits per heavy atom. The van der Waals surface area contributed by atoms with Gasteiger partial charge in [0, 0.05) is 29.1 Å². The molecule has 4 heterocycles. The molecule has 8 nitrogen and oxygen atoms in total. The highest BCUT2D eigenvalue weighted by Gasteiger charge is 2.43. The first-order chi connectivity index (χ1) is 20.8. The lowest BCUT2D eigenvalue weighted by molar-refractivity contribution is -0.274. The molecule has 7 rings (SSSR count). The zero-order valence-electron chi connectivity index (χ0n) is 23.4. The van der Waals surface area contributed by atoms with Gasteiger partial charge in [0.1, 0.15) is 17.2 Å². The smallest absolute Gasteiger partial charge is 0.462 e. The number of ether oxygens (including phenoxy) is 3. The van der Waals surface area contributed by atoms with E-state index in [0.29, 0.717) is 29.2 Å². The summed E-state index contributed by atoms with van der Waals surface area (Å²) in [6.45, 7) is 2.31. The minimum absolute atomic E-state index is 0.0185. The largest absolute Gasteiger partial charge is 0.573 e. The molecule has 2 atom stereocenters. The molecule has 4 aromatic rings. The SMILES string of the molecule is CCOC(=O)c1ccc2nc(N3[C@H]4CC[C@H]3CC(OCc3c(-c5ccccc5OC(F)(F)F)noc3C3CC3)C4)sc2c1. The molecular formula is C31H30F3N3O5S. The molecule has 0 N–H and O–H groups in total. The number of aromatic nitrogens is 2. The molecule has 1 aliphatic carbocycles. The second-order valence-corrected chi connectivity index (χ2v) is 12.3. The van der Waals surface area contributed by atoms with E-state index in [1.807, 2.05) is 12.1 Å². The van der Waals surface area contributed by atoms with Crippen molar-refractivity contribution in [3.05, 3.63) is 59.4 Å². The van der Waals surface area contributed by atoms with Crippen molar-refractivity contribution in [1.82, 2.24) is 10.1 Å². The van der Waals surface area contributed by atoms with Crippen molar-refractivity contribution < 1.29 is 36.7 Å². The average Bonchev–Trinajstić information content (AvgIpc) is 3.49. The second kappa shape index (κ2) is 11.1. The van der Waals surface area contributed by atoms with Crippen LogP contribution in [0.4, 0.5) is 18.3 Å². The number of anilines is 1. The number of rotatable bonds is 9. The van der Waals surface area contributed by atoms with Crippen LogP contribution in [0.25, 0.3) is 21.5 Å². The van der Waals surface area contributed by atoms with Gasteiger partial charge in [-0.2, -0.15) is 0 Å². The number of benzene rings is 2. The highest BCUT2D eigenvalue weighted by molar-refractivity contribution is 7.22. The third-order valence-electron chi connectivity index (χ3n) is 8.40. The second-order valence-electron chi connectivity index (χ2n) is 11.3. The summed E-state index contributed by atoms with van der Waals surface area (Å²) in [5, 5.41) is 5.14. The van der Waals surface area contributed by atoms with Gasteiger partial charge in [0.25, 0.3) is 0 Å². The Labute approximate surface area is 249 Å². The number of hydrogen-bond acceptors (Lipinski definition) is 9. The van der Waals surface area contributed by atoms with Crippen LogP contribution in [-0.2, 0) is 16.1 Å². The fraction of sp³-hybridized carbons (Fsp3) is 0.452. The van der Waals surface area contributed by atoms with Crippen LogP contribution in [-0.4, -0.2) is 47.3 Å². The first-order valence-electron chi connectivity index (χ1n) is 14.6. The summed E-state index contributed by atoms with van der Waals surface area (Å²) < 4.78 is 61.9. The number of fused-ring (bicyclic) bond motifs is 3. The summed E-state index contributed by atoms with van der Waals surface area (Å²) in [6.07, 6.45) is 0.750. The fourth-order valence-electron chi connectivity index (χ4n) is 6.36. The Hall–Kier alpha value is -3.64. The van der Waals surface area contributed by atoms with E-state index in [1.54, 1.807) is 36.5 Å². The number of alkyl halides is 3. The van der Waals surface area contributed by atoms with Gasteiger partial charge in [-0.3, -0.25) is 0 Å². The van der Waals surface area contributed by atoms with E-state index in [0.717, 1.165) is 53.9 Å². The van der Waals surface area contributed by atoms with Crippen LogP contribution in [0.1, 0.15) is 73.0 Å². The van der Waals surface area contributed by atoms with Crippen molar-refractivity contribution in [3.8, 4) is 17.0 Å². The summed E-state index contributed by atoms with van der Waals surface area (Å²) >= 11 is 1.58. The van der Waals surface area contributed by atoms with E-state index >= 15 is 0 Å². The maximum Gasteiger partial charge on any atom is 0.573 e. The first-order valence-corrected chi connectivity index (χ1v) is 15.4. The third-order valence-corrected chi connectivity index (χ3v) is 9.43. The van der Waals surface area contributed by atoms with Gasteiger partial charge in [0.2, 0.25) is 0 Å². The van der Waals surface area contributed by atoms with Gasteiger partial charge in [0.15, 0.2) is 5.13 Å². The number of para-hydroxylation sites is 1. The van der Waals surface area contributed by atoms with Crippen molar-refractivity contribution in [2.75, 3.05) is 11.5 Å². The Morgan fingerprint density at radius 1 is 1.09 bits per heavy atom. The number of carbonyl (C=O) groups is 1. The molecule has 0 spiro atoms. The van der Waals surface area contributed by atoms with Crippen LogP contribution in [0.3, 0.4) is 0 Å². The van der Waals surface area contributed by atoms with Crippen molar-refractivity contribution in [2.24, 2.45) is 0 Å². The highest BCUT2D eigenvalue weighted by atomic mass is 32.1. The van der Waals surface area contributed by atoms with E-state index in [1.165, 1.54) is 12.1 Å². The van der Waals surface area contributed by atoms with Gasteiger partial charge in [0.05, 0.1) is 35.1 Å². The molecule has 2 aliphatic heterocycles. The van der Waals surface area contributed by atoms with Crippen LogP contribution in [0.2, 0.25) is 0 Å². The van der Waals surface area contributed by atoms with Crippen LogP contribution in [0.15, 0.2) is 47.0 Å². The molecule has 226 valence electrons. The molecule has 3 fully saturated rings. The predicted octanol–water partition coefficient (Wildman–Crippen LogP) is 7.62. The van der Waals surface area contributed by atoms with Crippen LogP contribution in [0, 0.1) is 0 Å². The topological polar surface area (TPSA) is 86.9 Å². The summed E-state index contributed by atoms with van der Waals surface area (Å²) in [5.41, 5.74) is 2.63. The molecular weight excluding hydrogens is 583 g/mol. The molecule has 1 saturated carbocycles.